The van der Waals surface area contributed by atoms with E-state index in [0.717, 1.165) is 28.0 Å². The van der Waals surface area contributed by atoms with Crippen molar-refractivity contribution in [2.75, 3.05) is 0 Å². The molecule has 1 aromatic heterocycles. The second kappa shape index (κ2) is 17.2. The molecule has 220 valence electrons. The molecule has 0 aliphatic heterocycles. The summed E-state index contributed by atoms with van der Waals surface area (Å²) in [6.45, 7) is 8.89. The van der Waals surface area contributed by atoms with Crippen LogP contribution in [0.2, 0.25) is 0 Å². The fourth-order valence-electron chi connectivity index (χ4n) is 5.50. The van der Waals surface area contributed by atoms with Crippen LogP contribution in [0.3, 0.4) is 0 Å². The van der Waals surface area contributed by atoms with Crippen molar-refractivity contribution in [3.05, 3.63) is 157 Å². The molecule has 0 spiro atoms. The molecule has 0 bridgehead atoms. The van der Waals surface area contributed by atoms with E-state index in [2.05, 4.69) is 112 Å². The van der Waals surface area contributed by atoms with Crippen molar-refractivity contribution in [1.82, 2.24) is 4.98 Å². The van der Waals surface area contributed by atoms with Gasteiger partial charge < -0.3 is 25.5 Å². The third-order valence-electron chi connectivity index (χ3n) is 7.59. The Morgan fingerprint density at radius 3 is 2.02 bits per heavy atom. The smallest absolute Gasteiger partial charge is 0.678 e. The molecule has 6 rings (SSSR count). The quantitative estimate of drug-likeness (QED) is 0.127. The van der Waals surface area contributed by atoms with Crippen molar-refractivity contribution in [2.45, 2.75) is 64.8 Å². The van der Waals surface area contributed by atoms with E-state index in [9.17, 15) is 0 Å². The molecule has 0 N–H and O–H groups in total. The molecule has 4 heteroatoms. The molecule has 43 heavy (non-hydrogen) atoms. The zero-order valence-corrected chi connectivity index (χ0v) is 30.2. The van der Waals surface area contributed by atoms with Crippen LogP contribution in [0.15, 0.2) is 109 Å². The van der Waals surface area contributed by atoms with Crippen LogP contribution in [-0.4, -0.2) is 4.98 Å². The van der Waals surface area contributed by atoms with Gasteiger partial charge >= 0.3 is 25.8 Å². The van der Waals surface area contributed by atoms with E-state index in [1.807, 2.05) is 30.5 Å². The van der Waals surface area contributed by atoms with Crippen LogP contribution in [0.5, 0.6) is 0 Å². The van der Waals surface area contributed by atoms with E-state index in [1.54, 1.807) is 0 Å². The fraction of sp³-hybridized carbons (Fsp3) is 0.256. The van der Waals surface area contributed by atoms with Crippen LogP contribution in [0.1, 0.15) is 80.7 Å². The van der Waals surface area contributed by atoms with Crippen LogP contribution < -0.4 is 0 Å². The van der Waals surface area contributed by atoms with Gasteiger partial charge in [0.1, 0.15) is 0 Å². The number of rotatable bonds is 6. The molecule has 0 amide bonds. The first kappa shape index (κ1) is 36.0. The second-order valence-corrected chi connectivity index (χ2v) is 11.1. The van der Waals surface area contributed by atoms with Crippen LogP contribution in [-0.2, 0) is 32.3 Å². The van der Waals surface area contributed by atoms with Gasteiger partial charge in [-0.05, 0) is 35.3 Å². The molecule has 5 aromatic rings. The van der Waals surface area contributed by atoms with Crippen molar-refractivity contribution < 1.29 is 25.8 Å². The Balaban J connectivity index is 0.000000291. The van der Waals surface area contributed by atoms with Crippen molar-refractivity contribution in [3.8, 4) is 0 Å². The molecule has 0 saturated carbocycles. The van der Waals surface area contributed by atoms with Crippen LogP contribution in [0.25, 0.3) is 21.5 Å². The predicted octanol–water partition coefficient (Wildman–Crippen LogP) is 12.5. The van der Waals surface area contributed by atoms with Gasteiger partial charge in [0.25, 0.3) is 0 Å². The number of benzene rings is 4. The van der Waals surface area contributed by atoms with E-state index in [4.69, 9.17) is 10.6 Å². The molecule has 0 fully saturated rings. The molecule has 1 heterocycles. The number of pyridine rings is 1. The van der Waals surface area contributed by atoms with Gasteiger partial charge in [-0.2, -0.15) is 0 Å². The Bertz CT molecular complexity index is 1510. The molecule has 0 radical (unpaired) electrons. The van der Waals surface area contributed by atoms with Crippen molar-refractivity contribution in [1.29, 1.82) is 0 Å². The van der Waals surface area contributed by atoms with Gasteiger partial charge in [0.15, 0.2) is 0 Å². The minimum Gasteiger partial charge on any atom is -0.678 e. The summed E-state index contributed by atoms with van der Waals surface area (Å²) in [6, 6.07) is 36.1. The summed E-state index contributed by atoms with van der Waals surface area (Å²) in [6.07, 6.45) is 5.46. The topological polar surface area (TPSA) is 41.1 Å². The maximum atomic E-state index is 5.05. The summed E-state index contributed by atoms with van der Waals surface area (Å²) >= 11 is 0. The molecule has 0 saturated heterocycles. The average Bonchev–Trinajstić information content (AvgIpc) is 2.98. The summed E-state index contributed by atoms with van der Waals surface area (Å²) < 4.78 is 0. The van der Waals surface area contributed by atoms with Crippen molar-refractivity contribution >= 4 is 28.0 Å². The number of aryl methyl sites for hydroxylation is 1. The van der Waals surface area contributed by atoms with Gasteiger partial charge in [-0.1, -0.05) is 160 Å². The van der Waals surface area contributed by atoms with Gasteiger partial charge in [0.05, 0.1) is 5.52 Å². The maximum absolute atomic E-state index is 5.05. The fourth-order valence-corrected chi connectivity index (χ4v) is 5.50. The molecule has 3 nitrogen and oxygen atoms in total. The number of nitrogens with zero attached hydrogens (tertiary/aromatic N) is 3. The van der Waals surface area contributed by atoms with E-state index < -0.39 is 0 Å². The van der Waals surface area contributed by atoms with E-state index in [0.29, 0.717) is 17.9 Å². The number of hydrogen-bond donors (Lipinski definition) is 0. The predicted molar refractivity (Wildman–Crippen MR) is 183 cm³/mol. The monoisotopic (exact) mass is 735 g/mol. The first-order valence-corrected chi connectivity index (χ1v) is 14.5. The Hall–Kier alpha value is -3.24. The Kier molecular flexibility index (Phi) is 14.3. The van der Waals surface area contributed by atoms with E-state index >= 15 is 0 Å². The zero-order valence-electron chi connectivity index (χ0n) is 26.6. The maximum Gasteiger partial charge on any atom is 4.00 e. The molecular formula is C39H45HfN3. The summed E-state index contributed by atoms with van der Waals surface area (Å²) in [7, 11) is 0. The first-order chi connectivity index (χ1) is 19.5. The Morgan fingerprint density at radius 2 is 1.33 bits per heavy atom. The molecule has 1 unspecified atom stereocenters. The summed E-state index contributed by atoms with van der Waals surface area (Å²) in [4.78, 5) is 4.53. The normalized spacial score (nSPS) is 13.4. The summed E-state index contributed by atoms with van der Waals surface area (Å²) in [5, 5.41) is 11.0. The third kappa shape index (κ3) is 8.89. The number of aromatic nitrogens is 1. The van der Waals surface area contributed by atoms with Crippen LogP contribution in [0.4, 0.5) is 17.1 Å². The van der Waals surface area contributed by atoms with E-state index in [1.165, 1.54) is 41.5 Å². The number of fused-ring (bicyclic) bond motifs is 2. The number of hydrogen-bond acceptors (Lipinski definition) is 1. The van der Waals surface area contributed by atoms with Crippen LogP contribution in [0, 0.1) is 14.9 Å². The van der Waals surface area contributed by atoms with Gasteiger partial charge in [-0.25, -0.2) is 0 Å². The largest absolute Gasteiger partial charge is 4.00 e. The van der Waals surface area contributed by atoms with Crippen molar-refractivity contribution in [2.24, 2.45) is 0 Å². The third-order valence-corrected chi connectivity index (χ3v) is 7.59. The first-order valence-electron chi connectivity index (χ1n) is 14.5. The molecule has 1 atom stereocenters. The van der Waals surface area contributed by atoms with Gasteiger partial charge in [-0.15, -0.1) is 17.1 Å². The molecule has 1 aliphatic carbocycles. The molecule has 4 aromatic carbocycles. The summed E-state index contributed by atoms with van der Waals surface area (Å²) in [5.74, 6) is 0.880. The Labute approximate surface area is 279 Å². The molecular weight excluding hydrogens is 689 g/mol. The SMILES string of the molecule is CC(C)c1cccc(C(C)C)c1[N-]c1cccc2cccnc12.[CH3-].[CH3-].[Hf+4].c1ccc([N-]C2CCCc3ccccc32)cc1. The van der Waals surface area contributed by atoms with Gasteiger partial charge in [-0.3, -0.25) is 4.98 Å². The number of para-hydroxylation sites is 3. The second-order valence-electron chi connectivity index (χ2n) is 11.1. The average molecular weight is 734 g/mol. The van der Waals surface area contributed by atoms with Crippen LogP contribution >= 0.6 is 0 Å². The Morgan fingerprint density at radius 1 is 0.698 bits per heavy atom. The molecule has 1 aliphatic rings. The van der Waals surface area contributed by atoms with Gasteiger partial charge in [0, 0.05) is 6.20 Å². The summed E-state index contributed by atoms with van der Waals surface area (Å²) in [5.41, 5.74) is 9.59. The zero-order chi connectivity index (χ0) is 27.9. The minimum atomic E-state index is 0. The van der Waals surface area contributed by atoms with Gasteiger partial charge in [0.2, 0.25) is 0 Å². The minimum absolute atomic E-state index is 0. The van der Waals surface area contributed by atoms with E-state index in [-0.39, 0.29) is 40.7 Å². The van der Waals surface area contributed by atoms with Crippen molar-refractivity contribution in [3.63, 3.8) is 0 Å². The standard InChI is InChI=1S/C21H23N2.C16H16N.2CH3.Hf/c1-14(2)17-10-6-11-18(15(3)4)21(17)23-19-12-5-8-16-9-7-13-22-20(16)19;1-2-9-14(10-3-1)17-16-12-6-8-13-7-4-5-11-15(13)16;;;/h5-15H,1-4H3;1-5,7,9-11,16H,6,8,12H2;2*1H3;/q4*-1;+4.